The van der Waals surface area contributed by atoms with Gasteiger partial charge in [-0.2, -0.15) is 10.1 Å². The lowest BCUT2D eigenvalue weighted by Gasteiger charge is -2.36. The minimum absolute atomic E-state index is 0.0303. The van der Waals surface area contributed by atoms with Gasteiger partial charge in [-0.1, -0.05) is 60.7 Å². The number of fused-ring (bicyclic) bond motifs is 1. The maximum Gasteiger partial charge on any atom is 0.407 e. The van der Waals surface area contributed by atoms with E-state index in [0.29, 0.717) is 31.5 Å². The molecule has 3 aromatic carbocycles. The Morgan fingerprint density at radius 3 is 2.33 bits per heavy atom. The van der Waals surface area contributed by atoms with Crippen molar-refractivity contribution in [1.29, 1.82) is 0 Å². The second-order valence-electron chi connectivity index (χ2n) is 10.9. The van der Waals surface area contributed by atoms with Crippen LogP contribution in [0.4, 0.5) is 10.5 Å². The molecule has 43 heavy (non-hydrogen) atoms. The van der Waals surface area contributed by atoms with Gasteiger partial charge in [-0.25, -0.2) is 4.79 Å². The van der Waals surface area contributed by atoms with Crippen LogP contribution in [0.25, 0.3) is 22.2 Å². The number of pyridine rings is 1. The zero-order chi connectivity index (χ0) is 29.8. The van der Waals surface area contributed by atoms with Crippen LogP contribution in [0.1, 0.15) is 30.9 Å². The topological polar surface area (TPSA) is 102 Å². The van der Waals surface area contributed by atoms with Crippen molar-refractivity contribution in [1.82, 2.24) is 19.7 Å². The first-order valence-corrected chi connectivity index (χ1v) is 14.5. The third-order valence-electron chi connectivity index (χ3n) is 7.88. The summed E-state index contributed by atoms with van der Waals surface area (Å²) in [5.74, 6) is 0.932. The molecule has 2 atom stereocenters. The summed E-state index contributed by atoms with van der Waals surface area (Å²) in [5, 5.41) is 18.9. The molecule has 1 amide bonds. The van der Waals surface area contributed by atoms with Crippen LogP contribution in [0, 0.1) is 0 Å². The molecule has 6 rings (SSSR count). The average Bonchev–Trinajstić information content (AvgIpc) is 3.35. The van der Waals surface area contributed by atoms with E-state index in [4.69, 9.17) is 19.6 Å². The minimum atomic E-state index is -0.854. The number of hydrogen-bond donors (Lipinski definition) is 2. The maximum atomic E-state index is 11.5. The summed E-state index contributed by atoms with van der Waals surface area (Å²) in [6.45, 7) is 3.25. The Hall–Kier alpha value is -5.05. The molecule has 1 saturated heterocycles. The highest BCUT2D eigenvalue weighted by Gasteiger charge is 2.28. The molecule has 2 aromatic heterocycles. The average molecular weight is 578 g/mol. The summed E-state index contributed by atoms with van der Waals surface area (Å²) >= 11 is 0. The lowest BCUT2D eigenvalue weighted by atomic mass is 9.98. The molecule has 1 aliphatic heterocycles. The van der Waals surface area contributed by atoms with Gasteiger partial charge < -0.3 is 24.8 Å². The maximum absolute atomic E-state index is 11.5. The monoisotopic (exact) mass is 577 g/mol. The Morgan fingerprint density at radius 2 is 1.65 bits per heavy atom. The summed E-state index contributed by atoms with van der Waals surface area (Å²) in [7, 11) is 1.93. The van der Waals surface area contributed by atoms with Crippen molar-refractivity contribution in [2.24, 2.45) is 7.05 Å². The predicted molar refractivity (Wildman–Crippen MR) is 166 cm³/mol. The zero-order valence-corrected chi connectivity index (χ0v) is 24.3. The number of carboxylic acid groups (broad SMARTS) is 1. The molecule has 0 bridgehead atoms. The lowest BCUT2D eigenvalue weighted by Crippen LogP contribution is -2.47. The molecule has 0 unspecified atom stereocenters. The second-order valence-corrected chi connectivity index (χ2v) is 10.9. The summed E-state index contributed by atoms with van der Waals surface area (Å²) in [6.07, 6.45) is 0.665. The Balaban J connectivity index is 1.27. The van der Waals surface area contributed by atoms with Gasteiger partial charge in [0.15, 0.2) is 0 Å². The van der Waals surface area contributed by atoms with Crippen molar-refractivity contribution in [3.63, 3.8) is 0 Å². The van der Waals surface area contributed by atoms with E-state index in [2.05, 4.69) is 23.5 Å². The summed E-state index contributed by atoms with van der Waals surface area (Å²) in [4.78, 5) is 17.7. The fourth-order valence-corrected chi connectivity index (χ4v) is 5.62. The van der Waals surface area contributed by atoms with E-state index in [1.807, 2.05) is 91.4 Å². The van der Waals surface area contributed by atoms with Crippen molar-refractivity contribution in [3.8, 4) is 23.0 Å². The summed E-state index contributed by atoms with van der Waals surface area (Å²) < 4.78 is 14.2. The second kappa shape index (κ2) is 12.4. The Labute approximate surface area is 250 Å². The van der Waals surface area contributed by atoms with Crippen molar-refractivity contribution in [2.45, 2.75) is 45.1 Å². The number of hydrogen-bond acceptors (Lipinski definition) is 6. The standard InChI is InChI=1S/C34H35N5O4/c1-23-19-27(17-18-39(23)34(40)41)35-26-13-14-28-30(20-26)38(2)37-32(28)29-15-16-31(42-21-24-9-5-3-6-10-24)36-33(29)43-22-25-11-7-4-8-12-25/h3-16,20,23,27,35H,17-19,21-22H2,1-2H3,(H,40,41)/t23-,27+/m0/s1. The van der Waals surface area contributed by atoms with Gasteiger partial charge in [0.25, 0.3) is 0 Å². The smallest absolute Gasteiger partial charge is 0.407 e. The molecular formula is C34H35N5O4. The van der Waals surface area contributed by atoms with Gasteiger partial charge in [0.1, 0.15) is 18.9 Å². The van der Waals surface area contributed by atoms with Gasteiger partial charge in [-0.3, -0.25) is 4.68 Å². The van der Waals surface area contributed by atoms with Crippen molar-refractivity contribution in [2.75, 3.05) is 11.9 Å². The Morgan fingerprint density at radius 1 is 0.953 bits per heavy atom. The molecular weight excluding hydrogens is 542 g/mol. The molecule has 9 heteroatoms. The normalized spacial score (nSPS) is 16.7. The quantitative estimate of drug-likeness (QED) is 0.200. The molecule has 1 aliphatic rings. The first-order chi connectivity index (χ1) is 20.9. The SMILES string of the molecule is C[C@H]1C[C@H](Nc2ccc3c(-c4ccc(OCc5ccccc5)nc4OCc4ccccc4)nn(C)c3c2)CCN1C(=O)O. The van der Waals surface area contributed by atoms with Crippen molar-refractivity contribution in [3.05, 3.63) is 102 Å². The number of anilines is 1. The summed E-state index contributed by atoms with van der Waals surface area (Å²) in [6, 6.07) is 30.2. The number of nitrogens with zero attached hydrogens (tertiary/aromatic N) is 4. The molecule has 5 aromatic rings. The van der Waals surface area contributed by atoms with Gasteiger partial charge in [-0.05, 0) is 55.2 Å². The van der Waals surface area contributed by atoms with Gasteiger partial charge in [0.05, 0.1) is 11.1 Å². The third-order valence-corrected chi connectivity index (χ3v) is 7.88. The first kappa shape index (κ1) is 28.1. The molecule has 0 radical (unpaired) electrons. The van der Waals surface area contributed by atoms with Gasteiger partial charge in [0, 0.05) is 42.8 Å². The number of carbonyl (C=O) groups is 1. The van der Waals surface area contributed by atoms with E-state index in [0.717, 1.165) is 51.8 Å². The molecule has 2 N–H and O–H groups in total. The van der Waals surface area contributed by atoms with Gasteiger partial charge >= 0.3 is 6.09 Å². The number of piperidine rings is 1. The van der Waals surface area contributed by atoms with E-state index in [9.17, 15) is 9.90 Å². The van der Waals surface area contributed by atoms with E-state index < -0.39 is 6.09 Å². The molecule has 220 valence electrons. The summed E-state index contributed by atoms with van der Waals surface area (Å²) in [5.41, 5.74) is 5.60. The van der Waals surface area contributed by atoms with Crippen LogP contribution < -0.4 is 14.8 Å². The Bertz CT molecular complexity index is 1710. The highest BCUT2D eigenvalue weighted by Crippen LogP contribution is 2.36. The zero-order valence-electron chi connectivity index (χ0n) is 24.3. The third kappa shape index (κ3) is 6.40. The van der Waals surface area contributed by atoms with Gasteiger partial charge in [-0.15, -0.1) is 0 Å². The van der Waals surface area contributed by atoms with E-state index in [1.54, 1.807) is 0 Å². The van der Waals surface area contributed by atoms with Crippen LogP contribution in [-0.4, -0.2) is 49.5 Å². The number of nitrogens with one attached hydrogen (secondary N) is 1. The Kier molecular flexibility index (Phi) is 8.13. The van der Waals surface area contributed by atoms with E-state index >= 15 is 0 Å². The van der Waals surface area contributed by atoms with Crippen LogP contribution in [0.15, 0.2) is 91.0 Å². The fourth-order valence-electron chi connectivity index (χ4n) is 5.62. The van der Waals surface area contributed by atoms with Gasteiger partial charge in [0.2, 0.25) is 11.8 Å². The molecule has 0 saturated carbocycles. The molecule has 3 heterocycles. The van der Waals surface area contributed by atoms with Crippen LogP contribution in [0.3, 0.4) is 0 Å². The first-order valence-electron chi connectivity index (χ1n) is 14.5. The van der Waals surface area contributed by atoms with E-state index in [1.165, 1.54) is 4.90 Å². The number of amides is 1. The van der Waals surface area contributed by atoms with Crippen molar-refractivity contribution >= 4 is 22.7 Å². The minimum Gasteiger partial charge on any atom is -0.473 e. The number of aryl methyl sites for hydroxylation is 1. The number of benzene rings is 3. The number of aromatic nitrogens is 3. The number of likely N-dealkylation sites (tertiary alicyclic amines) is 1. The molecule has 1 fully saturated rings. The van der Waals surface area contributed by atoms with E-state index in [-0.39, 0.29) is 12.1 Å². The highest BCUT2D eigenvalue weighted by atomic mass is 16.5. The molecule has 0 aliphatic carbocycles. The van der Waals surface area contributed by atoms with Crippen LogP contribution in [0.5, 0.6) is 11.8 Å². The number of rotatable bonds is 9. The van der Waals surface area contributed by atoms with Crippen LogP contribution >= 0.6 is 0 Å². The fraction of sp³-hybridized carbons (Fsp3) is 0.265. The predicted octanol–water partition coefficient (Wildman–Crippen LogP) is 6.74. The molecule has 9 nitrogen and oxygen atoms in total. The van der Waals surface area contributed by atoms with Crippen LogP contribution in [-0.2, 0) is 20.3 Å². The highest BCUT2D eigenvalue weighted by molar-refractivity contribution is 5.96. The van der Waals surface area contributed by atoms with Crippen molar-refractivity contribution < 1.29 is 19.4 Å². The lowest BCUT2D eigenvalue weighted by molar-refractivity contribution is 0.109. The largest absolute Gasteiger partial charge is 0.473 e. The number of ether oxygens (including phenoxy) is 2. The molecule has 0 spiro atoms. The van der Waals surface area contributed by atoms with Crippen LogP contribution in [0.2, 0.25) is 0 Å².